The molecular weight excluding hydrogens is 243 g/mol. The van der Waals surface area contributed by atoms with Gasteiger partial charge >= 0.3 is 0 Å². The maximum absolute atomic E-state index is 13.4. The summed E-state index contributed by atoms with van der Waals surface area (Å²) in [7, 11) is 0. The van der Waals surface area contributed by atoms with E-state index in [1.807, 2.05) is 30.3 Å². The molecule has 1 aromatic heterocycles. The molecule has 1 aromatic carbocycles. The van der Waals surface area contributed by atoms with E-state index in [9.17, 15) is 9.18 Å². The fourth-order valence-electron chi connectivity index (χ4n) is 1.89. The normalized spacial score (nSPS) is 12.1. The first kappa shape index (κ1) is 13.4. The predicted octanol–water partition coefficient (Wildman–Crippen LogP) is 2.88. The van der Waals surface area contributed by atoms with Crippen molar-refractivity contribution < 1.29 is 9.18 Å². The standard InChI is InChI=1S/C15H15FN2O/c16-13-10-18-9-8-12(13)15(19)7-6-14(17)11-4-2-1-3-5-11/h1-5,8-10,14H,6-7,17H2. The summed E-state index contributed by atoms with van der Waals surface area (Å²) in [5.41, 5.74) is 7.06. The molecule has 0 aliphatic carbocycles. The molecule has 0 bridgehead atoms. The lowest BCUT2D eigenvalue weighted by molar-refractivity contribution is 0.0973. The van der Waals surface area contributed by atoms with Gasteiger partial charge in [0.15, 0.2) is 11.6 Å². The van der Waals surface area contributed by atoms with Crippen LogP contribution in [-0.2, 0) is 0 Å². The Balaban J connectivity index is 1.96. The fourth-order valence-corrected chi connectivity index (χ4v) is 1.89. The topological polar surface area (TPSA) is 56.0 Å². The number of halogens is 1. The molecule has 98 valence electrons. The van der Waals surface area contributed by atoms with Crippen LogP contribution in [0.2, 0.25) is 0 Å². The Morgan fingerprint density at radius 2 is 2.00 bits per heavy atom. The van der Waals surface area contributed by atoms with Gasteiger partial charge in [-0.05, 0) is 18.1 Å². The average molecular weight is 258 g/mol. The summed E-state index contributed by atoms with van der Waals surface area (Å²) in [5.74, 6) is -0.827. The van der Waals surface area contributed by atoms with E-state index in [1.165, 1.54) is 12.3 Å². The highest BCUT2D eigenvalue weighted by atomic mass is 19.1. The van der Waals surface area contributed by atoms with Crippen molar-refractivity contribution in [2.75, 3.05) is 0 Å². The average Bonchev–Trinajstić information content (AvgIpc) is 2.46. The van der Waals surface area contributed by atoms with Crippen LogP contribution in [0.25, 0.3) is 0 Å². The van der Waals surface area contributed by atoms with Crippen LogP contribution in [0.5, 0.6) is 0 Å². The second kappa shape index (κ2) is 6.20. The van der Waals surface area contributed by atoms with E-state index < -0.39 is 5.82 Å². The molecule has 1 heterocycles. The fraction of sp³-hybridized carbons (Fsp3) is 0.200. The number of pyridine rings is 1. The summed E-state index contributed by atoms with van der Waals surface area (Å²) >= 11 is 0. The Morgan fingerprint density at radius 1 is 1.26 bits per heavy atom. The van der Waals surface area contributed by atoms with Crippen LogP contribution in [-0.4, -0.2) is 10.8 Å². The first-order chi connectivity index (χ1) is 9.18. The number of benzene rings is 1. The van der Waals surface area contributed by atoms with Gasteiger partial charge in [-0.1, -0.05) is 30.3 Å². The van der Waals surface area contributed by atoms with Crippen LogP contribution in [0.15, 0.2) is 48.8 Å². The minimum atomic E-state index is -0.583. The number of nitrogens with zero attached hydrogens (tertiary/aromatic N) is 1. The minimum Gasteiger partial charge on any atom is -0.324 e. The van der Waals surface area contributed by atoms with Gasteiger partial charge in [-0.3, -0.25) is 9.78 Å². The molecule has 0 saturated carbocycles. The molecule has 0 aliphatic heterocycles. The Morgan fingerprint density at radius 3 is 2.68 bits per heavy atom. The van der Waals surface area contributed by atoms with Gasteiger partial charge in [0.1, 0.15) is 0 Å². The van der Waals surface area contributed by atoms with Crippen molar-refractivity contribution in [1.29, 1.82) is 0 Å². The summed E-state index contributed by atoms with van der Waals surface area (Å²) in [6, 6.07) is 10.7. The highest BCUT2D eigenvalue weighted by Crippen LogP contribution is 2.17. The van der Waals surface area contributed by atoms with E-state index >= 15 is 0 Å². The van der Waals surface area contributed by atoms with Gasteiger partial charge in [-0.25, -0.2) is 4.39 Å². The van der Waals surface area contributed by atoms with Crippen LogP contribution < -0.4 is 5.73 Å². The number of ketones is 1. The van der Waals surface area contributed by atoms with Gasteiger partial charge in [0.05, 0.1) is 11.8 Å². The maximum Gasteiger partial charge on any atom is 0.166 e. The van der Waals surface area contributed by atoms with Gasteiger partial charge in [0, 0.05) is 18.7 Å². The molecule has 0 radical (unpaired) electrons. The van der Waals surface area contributed by atoms with Crippen molar-refractivity contribution in [2.45, 2.75) is 18.9 Å². The van der Waals surface area contributed by atoms with E-state index in [2.05, 4.69) is 4.98 Å². The van der Waals surface area contributed by atoms with Crippen LogP contribution in [0.1, 0.15) is 34.8 Å². The molecule has 2 N–H and O–H groups in total. The predicted molar refractivity (Wildman–Crippen MR) is 71.1 cm³/mol. The second-order valence-electron chi connectivity index (χ2n) is 4.33. The molecule has 0 saturated heterocycles. The largest absolute Gasteiger partial charge is 0.324 e. The lowest BCUT2D eigenvalue weighted by Gasteiger charge is -2.11. The Hall–Kier alpha value is -2.07. The van der Waals surface area contributed by atoms with Crippen molar-refractivity contribution in [3.8, 4) is 0 Å². The van der Waals surface area contributed by atoms with E-state index in [4.69, 9.17) is 5.73 Å². The van der Waals surface area contributed by atoms with E-state index in [0.717, 1.165) is 11.8 Å². The van der Waals surface area contributed by atoms with Crippen molar-refractivity contribution in [3.63, 3.8) is 0 Å². The highest BCUT2D eigenvalue weighted by Gasteiger charge is 2.13. The number of carbonyl (C=O) groups is 1. The molecule has 1 unspecified atom stereocenters. The molecule has 0 amide bonds. The number of aromatic nitrogens is 1. The zero-order valence-corrected chi connectivity index (χ0v) is 10.4. The summed E-state index contributed by atoms with van der Waals surface area (Å²) < 4.78 is 13.4. The number of hydrogen-bond acceptors (Lipinski definition) is 3. The van der Waals surface area contributed by atoms with Crippen LogP contribution in [0, 0.1) is 5.82 Å². The van der Waals surface area contributed by atoms with Gasteiger partial charge < -0.3 is 5.73 Å². The van der Waals surface area contributed by atoms with E-state index in [0.29, 0.717) is 6.42 Å². The molecule has 0 fully saturated rings. The summed E-state index contributed by atoms with van der Waals surface area (Å²) in [6.07, 6.45) is 3.17. The zero-order chi connectivity index (χ0) is 13.7. The summed E-state index contributed by atoms with van der Waals surface area (Å²) in [6.45, 7) is 0. The number of carbonyl (C=O) groups excluding carboxylic acids is 1. The van der Waals surface area contributed by atoms with Gasteiger partial charge in [0.25, 0.3) is 0 Å². The third kappa shape index (κ3) is 3.45. The number of rotatable bonds is 5. The third-order valence-electron chi connectivity index (χ3n) is 2.98. The van der Waals surface area contributed by atoms with Crippen LogP contribution in [0.3, 0.4) is 0 Å². The molecular formula is C15H15FN2O. The van der Waals surface area contributed by atoms with E-state index in [-0.39, 0.29) is 23.8 Å². The maximum atomic E-state index is 13.4. The first-order valence-corrected chi connectivity index (χ1v) is 6.11. The number of Topliss-reactive ketones (excluding diaryl/α,β-unsaturated/α-hetero) is 1. The number of nitrogens with two attached hydrogens (primary N) is 1. The molecule has 3 nitrogen and oxygen atoms in total. The molecule has 0 aliphatic rings. The molecule has 0 spiro atoms. The Bertz CT molecular complexity index is 557. The quantitative estimate of drug-likeness (QED) is 0.839. The Labute approximate surface area is 111 Å². The zero-order valence-electron chi connectivity index (χ0n) is 10.4. The monoisotopic (exact) mass is 258 g/mol. The van der Waals surface area contributed by atoms with Crippen LogP contribution >= 0.6 is 0 Å². The number of hydrogen-bond donors (Lipinski definition) is 1. The van der Waals surface area contributed by atoms with Crippen molar-refractivity contribution in [3.05, 3.63) is 65.7 Å². The molecule has 19 heavy (non-hydrogen) atoms. The van der Waals surface area contributed by atoms with Gasteiger partial charge in [-0.15, -0.1) is 0 Å². The molecule has 2 aromatic rings. The van der Waals surface area contributed by atoms with E-state index in [1.54, 1.807) is 0 Å². The highest BCUT2D eigenvalue weighted by molar-refractivity contribution is 5.96. The lowest BCUT2D eigenvalue weighted by Crippen LogP contribution is -2.13. The lowest BCUT2D eigenvalue weighted by atomic mass is 9.99. The summed E-state index contributed by atoms with van der Waals surface area (Å²) in [5, 5.41) is 0. The van der Waals surface area contributed by atoms with Crippen molar-refractivity contribution >= 4 is 5.78 Å². The van der Waals surface area contributed by atoms with Crippen molar-refractivity contribution in [1.82, 2.24) is 4.98 Å². The SMILES string of the molecule is NC(CCC(=O)c1ccncc1F)c1ccccc1. The summed E-state index contributed by atoms with van der Waals surface area (Å²) in [4.78, 5) is 15.5. The van der Waals surface area contributed by atoms with Gasteiger partial charge in [-0.2, -0.15) is 0 Å². The van der Waals surface area contributed by atoms with Crippen LogP contribution in [0.4, 0.5) is 4.39 Å². The Kier molecular flexibility index (Phi) is 4.36. The second-order valence-corrected chi connectivity index (χ2v) is 4.33. The van der Waals surface area contributed by atoms with Crippen molar-refractivity contribution in [2.24, 2.45) is 5.73 Å². The molecule has 4 heteroatoms. The molecule has 2 rings (SSSR count). The van der Waals surface area contributed by atoms with Gasteiger partial charge in [0.2, 0.25) is 0 Å². The third-order valence-corrected chi connectivity index (χ3v) is 2.98. The minimum absolute atomic E-state index is 0.0789. The first-order valence-electron chi connectivity index (χ1n) is 6.11. The molecule has 1 atom stereocenters. The smallest absolute Gasteiger partial charge is 0.166 e.